The molecule has 114 valence electrons. The van der Waals surface area contributed by atoms with Crippen LogP contribution >= 0.6 is 0 Å². The molecule has 0 radical (unpaired) electrons. The summed E-state index contributed by atoms with van der Waals surface area (Å²) in [6, 6.07) is 7.68. The zero-order valence-corrected chi connectivity index (χ0v) is 12.1. The number of aryl methyl sites for hydroxylation is 1. The molecule has 0 bridgehead atoms. The van der Waals surface area contributed by atoms with Gasteiger partial charge in [0.25, 0.3) is 0 Å². The summed E-state index contributed by atoms with van der Waals surface area (Å²) in [5, 5.41) is 11.9. The molecule has 1 atom stereocenters. The standard InChI is InChI=1S/C15H21N3O3/c1-2-11-4-3-5-12(8-11)17-13(19)9-18-7-6-15(16,10-18)14(20)21/h3-5,8H,2,6-7,9-10,16H2,1H3,(H,17,19)(H,20,21). The van der Waals surface area contributed by atoms with Gasteiger partial charge in [-0.05, 0) is 30.5 Å². The highest BCUT2D eigenvalue weighted by molar-refractivity contribution is 5.92. The fourth-order valence-electron chi connectivity index (χ4n) is 2.50. The van der Waals surface area contributed by atoms with Crippen LogP contribution in [0.4, 0.5) is 5.69 Å². The Hall–Kier alpha value is -1.92. The monoisotopic (exact) mass is 291 g/mol. The summed E-state index contributed by atoms with van der Waals surface area (Å²) in [6.45, 7) is 2.93. The smallest absolute Gasteiger partial charge is 0.325 e. The quantitative estimate of drug-likeness (QED) is 0.741. The molecular formula is C15H21N3O3. The molecular weight excluding hydrogens is 270 g/mol. The van der Waals surface area contributed by atoms with Gasteiger partial charge in [0, 0.05) is 18.8 Å². The number of nitrogens with zero attached hydrogens (tertiary/aromatic N) is 1. The maximum absolute atomic E-state index is 12.0. The minimum Gasteiger partial charge on any atom is -0.480 e. The molecule has 4 N–H and O–H groups in total. The van der Waals surface area contributed by atoms with Crippen LogP contribution in [0.5, 0.6) is 0 Å². The zero-order valence-electron chi connectivity index (χ0n) is 12.1. The molecule has 2 rings (SSSR count). The summed E-state index contributed by atoms with van der Waals surface area (Å²) >= 11 is 0. The van der Waals surface area contributed by atoms with Crippen molar-refractivity contribution >= 4 is 17.6 Å². The van der Waals surface area contributed by atoms with E-state index in [0.29, 0.717) is 13.0 Å². The number of nitrogens with two attached hydrogens (primary N) is 1. The lowest BCUT2D eigenvalue weighted by Crippen LogP contribution is -2.50. The van der Waals surface area contributed by atoms with Gasteiger partial charge < -0.3 is 16.2 Å². The van der Waals surface area contributed by atoms with Crippen molar-refractivity contribution in [2.45, 2.75) is 25.3 Å². The molecule has 0 aromatic heterocycles. The van der Waals surface area contributed by atoms with Crippen molar-refractivity contribution in [2.24, 2.45) is 5.73 Å². The Balaban J connectivity index is 1.89. The second-order valence-electron chi connectivity index (χ2n) is 5.52. The van der Waals surface area contributed by atoms with E-state index in [1.165, 1.54) is 0 Å². The molecule has 0 aliphatic carbocycles. The SMILES string of the molecule is CCc1cccc(NC(=O)CN2CCC(N)(C(=O)O)C2)c1. The maximum atomic E-state index is 12.0. The molecule has 1 aromatic carbocycles. The number of anilines is 1. The number of benzene rings is 1. The van der Waals surface area contributed by atoms with Crippen molar-refractivity contribution in [1.29, 1.82) is 0 Å². The van der Waals surface area contributed by atoms with Gasteiger partial charge in [0.05, 0.1) is 6.54 Å². The third-order valence-corrected chi connectivity index (χ3v) is 3.79. The minimum atomic E-state index is -1.23. The second-order valence-corrected chi connectivity index (χ2v) is 5.52. The van der Waals surface area contributed by atoms with Gasteiger partial charge in [-0.1, -0.05) is 19.1 Å². The van der Waals surface area contributed by atoms with Gasteiger partial charge in [-0.25, -0.2) is 0 Å². The van der Waals surface area contributed by atoms with Crippen LogP contribution in [0.3, 0.4) is 0 Å². The number of amides is 1. The predicted octanol–water partition coefficient (Wildman–Crippen LogP) is 0.675. The molecule has 1 aliphatic rings. The first-order valence-corrected chi connectivity index (χ1v) is 7.06. The van der Waals surface area contributed by atoms with Crippen LogP contribution < -0.4 is 11.1 Å². The number of hydrogen-bond acceptors (Lipinski definition) is 4. The van der Waals surface area contributed by atoms with Crippen LogP contribution in [-0.2, 0) is 16.0 Å². The highest BCUT2D eigenvalue weighted by atomic mass is 16.4. The zero-order chi connectivity index (χ0) is 15.5. The van der Waals surface area contributed by atoms with Crippen molar-refractivity contribution in [2.75, 3.05) is 25.0 Å². The topological polar surface area (TPSA) is 95.7 Å². The lowest BCUT2D eigenvalue weighted by atomic mass is 10.0. The van der Waals surface area contributed by atoms with Crippen molar-refractivity contribution in [3.8, 4) is 0 Å². The highest BCUT2D eigenvalue weighted by Gasteiger charge is 2.41. The van der Waals surface area contributed by atoms with Gasteiger partial charge >= 0.3 is 5.97 Å². The van der Waals surface area contributed by atoms with E-state index in [-0.39, 0.29) is 19.0 Å². The van der Waals surface area contributed by atoms with E-state index in [9.17, 15) is 9.59 Å². The molecule has 1 unspecified atom stereocenters. The molecule has 1 saturated heterocycles. The average molecular weight is 291 g/mol. The summed E-state index contributed by atoms with van der Waals surface area (Å²) in [5.74, 6) is -1.17. The number of hydrogen-bond donors (Lipinski definition) is 3. The van der Waals surface area contributed by atoms with E-state index >= 15 is 0 Å². The summed E-state index contributed by atoms with van der Waals surface area (Å²) < 4.78 is 0. The first kappa shape index (κ1) is 15.5. The number of rotatable bonds is 5. The maximum Gasteiger partial charge on any atom is 0.325 e. The fourth-order valence-corrected chi connectivity index (χ4v) is 2.50. The number of carboxylic acids is 1. The average Bonchev–Trinajstić information content (AvgIpc) is 2.81. The van der Waals surface area contributed by atoms with Gasteiger partial charge in [-0.3, -0.25) is 14.5 Å². The van der Waals surface area contributed by atoms with Gasteiger partial charge in [0.2, 0.25) is 5.91 Å². The molecule has 1 aliphatic heterocycles. The number of nitrogens with one attached hydrogen (secondary N) is 1. The molecule has 6 heteroatoms. The first-order chi connectivity index (χ1) is 9.93. The van der Waals surface area contributed by atoms with E-state index in [4.69, 9.17) is 10.8 Å². The number of carbonyl (C=O) groups is 2. The minimum absolute atomic E-state index is 0.155. The molecule has 6 nitrogen and oxygen atoms in total. The van der Waals surface area contributed by atoms with Crippen LogP contribution in [-0.4, -0.2) is 47.1 Å². The van der Waals surface area contributed by atoms with Crippen molar-refractivity contribution in [1.82, 2.24) is 4.90 Å². The normalized spacial score (nSPS) is 22.2. The largest absolute Gasteiger partial charge is 0.480 e. The van der Waals surface area contributed by atoms with Gasteiger partial charge in [0.15, 0.2) is 0 Å². The summed E-state index contributed by atoms with van der Waals surface area (Å²) in [4.78, 5) is 24.8. The Kier molecular flexibility index (Phi) is 4.59. The van der Waals surface area contributed by atoms with Crippen LogP contribution in [0.15, 0.2) is 24.3 Å². The van der Waals surface area contributed by atoms with E-state index in [2.05, 4.69) is 12.2 Å². The lowest BCUT2D eigenvalue weighted by Gasteiger charge is -2.19. The molecule has 0 spiro atoms. The number of carbonyl (C=O) groups excluding carboxylic acids is 1. The Labute approximate surface area is 123 Å². The van der Waals surface area contributed by atoms with Crippen molar-refractivity contribution in [3.63, 3.8) is 0 Å². The van der Waals surface area contributed by atoms with E-state index in [1.807, 2.05) is 24.3 Å². The van der Waals surface area contributed by atoms with E-state index in [1.54, 1.807) is 4.90 Å². The van der Waals surface area contributed by atoms with Crippen molar-refractivity contribution in [3.05, 3.63) is 29.8 Å². The molecule has 1 amide bonds. The van der Waals surface area contributed by atoms with Crippen LogP contribution in [0.25, 0.3) is 0 Å². The third kappa shape index (κ3) is 3.80. The van der Waals surface area contributed by atoms with Crippen molar-refractivity contribution < 1.29 is 14.7 Å². The second kappa shape index (κ2) is 6.24. The third-order valence-electron chi connectivity index (χ3n) is 3.79. The fraction of sp³-hybridized carbons (Fsp3) is 0.467. The van der Waals surface area contributed by atoms with E-state index < -0.39 is 11.5 Å². The van der Waals surface area contributed by atoms with Gasteiger partial charge in [-0.15, -0.1) is 0 Å². The Morgan fingerprint density at radius 2 is 2.24 bits per heavy atom. The predicted molar refractivity (Wildman–Crippen MR) is 80.1 cm³/mol. The molecule has 21 heavy (non-hydrogen) atoms. The van der Waals surface area contributed by atoms with Crippen LogP contribution in [0, 0.1) is 0 Å². The first-order valence-electron chi connectivity index (χ1n) is 7.06. The Morgan fingerprint density at radius 3 is 2.86 bits per heavy atom. The van der Waals surface area contributed by atoms with Gasteiger partial charge in [0.1, 0.15) is 5.54 Å². The van der Waals surface area contributed by atoms with Gasteiger partial charge in [-0.2, -0.15) is 0 Å². The number of likely N-dealkylation sites (tertiary alicyclic amines) is 1. The Morgan fingerprint density at radius 1 is 1.48 bits per heavy atom. The number of aliphatic carboxylic acids is 1. The highest BCUT2D eigenvalue weighted by Crippen LogP contribution is 2.19. The Bertz CT molecular complexity index is 547. The summed E-state index contributed by atoms with van der Waals surface area (Å²) in [6.07, 6.45) is 1.27. The van der Waals surface area contributed by atoms with E-state index in [0.717, 1.165) is 17.7 Å². The molecule has 0 saturated carbocycles. The number of carboxylic acid groups (broad SMARTS) is 1. The molecule has 1 heterocycles. The van der Waals surface area contributed by atoms with Crippen LogP contribution in [0.1, 0.15) is 18.9 Å². The lowest BCUT2D eigenvalue weighted by molar-refractivity contribution is -0.143. The summed E-state index contributed by atoms with van der Waals surface area (Å²) in [7, 11) is 0. The van der Waals surface area contributed by atoms with Crippen LogP contribution in [0.2, 0.25) is 0 Å². The molecule has 1 fully saturated rings. The summed E-state index contributed by atoms with van der Waals surface area (Å²) in [5.41, 5.74) is 6.47. The molecule has 1 aromatic rings.